The highest BCUT2D eigenvalue weighted by Crippen LogP contribution is 2.33. The highest BCUT2D eigenvalue weighted by atomic mass is 19.1. The van der Waals surface area contributed by atoms with Crippen molar-refractivity contribution in [2.24, 2.45) is 0 Å². The molecule has 0 atom stereocenters. The van der Waals surface area contributed by atoms with Gasteiger partial charge in [-0.2, -0.15) is 4.98 Å². The summed E-state index contributed by atoms with van der Waals surface area (Å²) in [6, 6.07) is 24.6. The Morgan fingerprint density at radius 2 is 1.59 bits per heavy atom. The fourth-order valence-electron chi connectivity index (χ4n) is 5.00. The lowest BCUT2D eigenvalue weighted by Gasteiger charge is -2.34. The first-order valence-corrected chi connectivity index (χ1v) is 13.0. The Morgan fingerprint density at radius 1 is 0.846 bits per heavy atom. The van der Waals surface area contributed by atoms with Crippen molar-refractivity contribution in [1.82, 2.24) is 24.6 Å². The number of ether oxygens (including phenoxy) is 1. The summed E-state index contributed by atoms with van der Waals surface area (Å²) in [6.07, 6.45) is 0. The molecule has 0 spiro atoms. The summed E-state index contributed by atoms with van der Waals surface area (Å²) < 4.78 is 21.3. The van der Waals surface area contributed by atoms with Crippen LogP contribution in [0.25, 0.3) is 22.3 Å². The average molecular weight is 524 g/mol. The molecule has 3 aromatic carbocycles. The highest BCUT2D eigenvalue weighted by Gasteiger charge is 2.24. The number of fused-ring (bicyclic) bond motifs is 1. The number of piperazine rings is 1. The standard InChI is InChI=1S/C30H30FN7O/c1-39-25-12-10-22(11-13-25)19-36-14-16-37(17-15-36)30-33-27(23-8-5-9-24(31)18-23)26-28(32)38(35-29(26)34-30)20-21-6-3-2-4-7-21/h2-13,18H,14-17,19-20,32H2,1H3. The monoisotopic (exact) mass is 523 g/mol. The van der Waals surface area contributed by atoms with E-state index in [1.165, 1.54) is 17.7 Å². The van der Waals surface area contributed by atoms with Gasteiger partial charge in [0.05, 0.1) is 24.7 Å². The fourth-order valence-corrected chi connectivity index (χ4v) is 5.00. The van der Waals surface area contributed by atoms with Crippen LogP contribution in [0.4, 0.5) is 16.2 Å². The van der Waals surface area contributed by atoms with E-state index in [1.807, 2.05) is 48.5 Å². The summed E-state index contributed by atoms with van der Waals surface area (Å²) in [5.74, 6) is 1.57. The summed E-state index contributed by atoms with van der Waals surface area (Å²) in [5, 5.41) is 5.39. The quantitative estimate of drug-likeness (QED) is 0.334. The van der Waals surface area contributed by atoms with Crippen LogP contribution in [0.5, 0.6) is 5.75 Å². The van der Waals surface area contributed by atoms with E-state index in [9.17, 15) is 4.39 Å². The molecule has 2 N–H and O–H groups in total. The molecule has 0 unspecified atom stereocenters. The van der Waals surface area contributed by atoms with Gasteiger partial charge < -0.3 is 15.4 Å². The first kappa shape index (κ1) is 24.8. The number of halogens is 1. The van der Waals surface area contributed by atoms with Gasteiger partial charge in [-0.15, -0.1) is 5.10 Å². The Bertz CT molecular complexity index is 1580. The van der Waals surface area contributed by atoms with Gasteiger partial charge in [-0.25, -0.2) is 14.1 Å². The van der Waals surface area contributed by atoms with Crippen LogP contribution >= 0.6 is 0 Å². The first-order chi connectivity index (χ1) is 19.1. The van der Waals surface area contributed by atoms with Crippen molar-refractivity contribution in [2.75, 3.05) is 43.9 Å². The molecule has 1 aliphatic heterocycles. The molecule has 198 valence electrons. The molecule has 8 nitrogen and oxygen atoms in total. The molecule has 0 radical (unpaired) electrons. The van der Waals surface area contributed by atoms with E-state index in [4.69, 9.17) is 25.5 Å². The second-order valence-electron chi connectivity index (χ2n) is 9.72. The van der Waals surface area contributed by atoms with Gasteiger partial charge >= 0.3 is 0 Å². The van der Waals surface area contributed by atoms with E-state index in [-0.39, 0.29) is 5.82 Å². The number of hydrogen-bond donors (Lipinski definition) is 1. The molecule has 9 heteroatoms. The summed E-state index contributed by atoms with van der Waals surface area (Å²) >= 11 is 0. The van der Waals surface area contributed by atoms with Crippen molar-refractivity contribution in [1.29, 1.82) is 0 Å². The second kappa shape index (κ2) is 10.7. The molecule has 0 bridgehead atoms. The molecule has 1 saturated heterocycles. The lowest BCUT2D eigenvalue weighted by molar-refractivity contribution is 0.248. The van der Waals surface area contributed by atoms with Gasteiger partial charge in [-0.05, 0) is 35.4 Å². The Kier molecular flexibility index (Phi) is 6.81. The fraction of sp³-hybridized carbons (Fsp3) is 0.233. The number of aromatic nitrogens is 4. The Morgan fingerprint density at radius 3 is 2.31 bits per heavy atom. The predicted octanol–water partition coefficient (Wildman–Crippen LogP) is 4.59. The van der Waals surface area contributed by atoms with Gasteiger partial charge in [0.2, 0.25) is 5.95 Å². The zero-order chi connectivity index (χ0) is 26.8. The number of methoxy groups -OCH3 is 1. The molecular weight excluding hydrogens is 493 g/mol. The van der Waals surface area contributed by atoms with Crippen LogP contribution in [0.1, 0.15) is 11.1 Å². The summed E-state index contributed by atoms with van der Waals surface area (Å²) in [7, 11) is 1.68. The van der Waals surface area contributed by atoms with Gasteiger partial charge in [0.25, 0.3) is 0 Å². The maximum Gasteiger partial charge on any atom is 0.228 e. The molecule has 0 amide bonds. The average Bonchev–Trinajstić information content (AvgIpc) is 3.28. The minimum Gasteiger partial charge on any atom is -0.497 e. The van der Waals surface area contributed by atoms with E-state index >= 15 is 0 Å². The van der Waals surface area contributed by atoms with Crippen LogP contribution in [-0.2, 0) is 13.1 Å². The van der Waals surface area contributed by atoms with Gasteiger partial charge in [0, 0.05) is 38.3 Å². The Labute approximate surface area is 226 Å². The zero-order valence-electron chi connectivity index (χ0n) is 21.8. The topological polar surface area (TPSA) is 85.3 Å². The van der Waals surface area contributed by atoms with E-state index in [0.29, 0.717) is 40.6 Å². The Balaban J connectivity index is 1.29. The number of nitrogen functional groups attached to an aromatic ring is 1. The SMILES string of the molecule is COc1ccc(CN2CCN(c3nc(-c4cccc(F)c4)c4c(N)n(Cc5ccccc5)nc4n3)CC2)cc1. The molecule has 1 fully saturated rings. The van der Waals surface area contributed by atoms with Crippen LogP contribution in [0.15, 0.2) is 78.9 Å². The number of rotatable bonds is 7. The third-order valence-corrected chi connectivity index (χ3v) is 7.12. The summed E-state index contributed by atoms with van der Waals surface area (Å²) in [6.45, 7) is 4.65. The van der Waals surface area contributed by atoms with Crippen molar-refractivity contribution in [2.45, 2.75) is 13.1 Å². The molecule has 6 rings (SSSR count). The van der Waals surface area contributed by atoms with Crippen molar-refractivity contribution < 1.29 is 9.13 Å². The van der Waals surface area contributed by atoms with Crippen LogP contribution in [-0.4, -0.2) is 57.9 Å². The van der Waals surface area contributed by atoms with Crippen molar-refractivity contribution >= 4 is 22.8 Å². The third-order valence-electron chi connectivity index (χ3n) is 7.12. The van der Waals surface area contributed by atoms with E-state index in [0.717, 1.165) is 44.0 Å². The molecule has 1 aliphatic rings. The number of nitrogens with two attached hydrogens (primary N) is 1. The second-order valence-corrected chi connectivity index (χ2v) is 9.72. The van der Waals surface area contributed by atoms with Crippen molar-refractivity contribution in [3.63, 3.8) is 0 Å². The number of benzene rings is 3. The molecule has 3 heterocycles. The molecular formula is C30H30FN7O. The minimum atomic E-state index is -0.330. The molecule has 5 aromatic rings. The zero-order valence-corrected chi connectivity index (χ0v) is 21.8. The maximum absolute atomic E-state index is 14.2. The normalized spacial score (nSPS) is 14.2. The Hall–Kier alpha value is -4.50. The van der Waals surface area contributed by atoms with Crippen molar-refractivity contribution in [3.8, 4) is 17.0 Å². The third kappa shape index (κ3) is 5.26. The lowest BCUT2D eigenvalue weighted by atomic mass is 10.1. The first-order valence-electron chi connectivity index (χ1n) is 13.0. The van der Waals surface area contributed by atoms with Crippen LogP contribution < -0.4 is 15.4 Å². The number of nitrogens with zero attached hydrogens (tertiary/aromatic N) is 6. The van der Waals surface area contributed by atoms with Crippen LogP contribution in [0, 0.1) is 5.82 Å². The van der Waals surface area contributed by atoms with E-state index < -0.39 is 0 Å². The maximum atomic E-state index is 14.2. The predicted molar refractivity (Wildman–Crippen MR) is 151 cm³/mol. The highest BCUT2D eigenvalue weighted by molar-refractivity contribution is 5.99. The van der Waals surface area contributed by atoms with Crippen molar-refractivity contribution in [3.05, 3.63) is 95.8 Å². The smallest absolute Gasteiger partial charge is 0.228 e. The molecule has 0 aliphatic carbocycles. The van der Waals surface area contributed by atoms with Gasteiger partial charge in [0.15, 0.2) is 5.65 Å². The number of anilines is 2. The van der Waals surface area contributed by atoms with Crippen LogP contribution in [0.3, 0.4) is 0 Å². The van der Waals surface area contributed by atoms with Crippen LogP contribution in [0.2, 0.25) is 0 Å². The lowest BCUT2D eigenvalue weighted by Crippen LogP contribution is -2.46. The molecule has 39 heavy (non-hydrogen) atoms. The van der Waals surface area contributed by atoms with Gasteiger partial charge in [-0.3, -0.25) is 4.90 Å². The molecule has 2 aromatic heterocycles. The van der Waals surface area contributed by atoms with Gasteiger partial charge in [-0.1, -0.05) is 54.6 Å². The largest absolute Gasteiger partial charge is 0.497 e. The number of hydrogen-bond acceptors (Lipinski definition) is 7. The van der Waals surface area contributed by atoms with Gasteiger partial charge in [0.1, 0.15) is 17.4 Å². The minimum absolute atomic E-state index is 0.330. The molecule has 0 saturated carbocycles. The summed E-state index contributed by atoms with van der Waals surface area (Å²) in [4.78, 5) is 14.3. The summed E-state index contributed by atoms with van der Waals surface area (Å²) in [5.41, 5.74) is 10.7. The van der Waals surface area contributed by atoms with E-state index in [2.05, 4.69) is 21.9 Å². The van der Waals surface area contributed by atoms with E-state index in [1.54, 1.807) is 17.9 Å².